The number of hydrogen-bond acceptors (Lipinski definition) is 6. The third-order valence-electron chi connectivity index (χ3n) is 5.86. The summed E-state index contributed by atoms with van der Waals surface area (Å²) in [5.74, 6) is -0.863. The lowest BCUT2D eigenvalue weighted by molar-refractivity contribution is -0.129. The van der Waals surface area contributed by atoms with Crippen molar-refractivity contribution in [3.05, 3.63) is 45.9 Å². The van der Waals surface area contributed by atoms with Gasteiger partial charge in [0.1, 0.15) is 0 Å². The maximum atomic E-state index is 13.3. The van der Waals surface area contributed by atoms with Crippen molar-refractivity contribution < 1.29 is 19.2 Å². The summed E-state index contributed by atoms with van der Waals surface area (Å²) >= 11 is 1.18. The molecule has 2 aliphatic heterocycles. The number of imide groups is 1. The number of fused-ring (bicyclic) bond motifs is 2. The number of ketones is 2. The Balaban J connectivity index is 1.61. The topological polar surface area (TPSA) is 86.8 Å². The van der Waals surface area contributed by atoms with Crippen LogP contribution in [0.4, 0.5) is 4.79 Å². The quantitative estimate of drug-likeness (QED) is 0.719. The van der Waals surface area contributed by atoms with Crippen LogP contribution in [0, 0.1) is 0 Å². The molecule has 2 heterocycles. The highest BCUT2D eigenvalue weighted by Gasteiger charge is 2.60. The first kappa shape index (κ1) is 19.8. The molecule has 3 aliphatic rings. The molecule has 4 rings (SSSR count). The van der Waals surface area contributed by atoms with E-state index >= 15 is 0 Å². The Bertz CT molecular complexity index is 953. The number of allylic oxidation sites excluding steroid dienone is 1. The number of nitrogens with zero attached hydrogens (tertiary/aromatic N) is 2. The summed E-state index contributed by atoms with van der Waals surface area (Å²) in [6.45, 7) is 7.02. The SMILES string of the molecule is CCN(CC)CCCN1C(=O)NC2(CSC3=C2C(=O)c2ccccc2C3=O)C1=O. The predicted octanol–water partition coefficient (Wildman–Crippen LogP) is 2.09. The van der Waals surface area contributed by atoms with Gasteiger partial charge in [-0.15, -0.1) is 11.8 Å². The zero-order valence-electron chi connectivity index (χ0n) is 16.5. The van der Waals surface area contributed by atoms with Gasteiger partial charge in [-0.3, -0.25) is 19.3 Å². The number of rotatable bonds is 6. The van der Waals surface area contributed by atoms with Gasteiger partial charge >= 0.3 is 6.03 Å². The van der Waals surface area contributed by atoms with Crippen LogP contribution < -0.4 is 5.32 Å². The Morgan fingerprint density at radius 1 is 1.07 bits per heavy atom. The molecular formula is C21H23N3O4S. The number of hydrogen-bond donors (Lipinski definition) is 1. The van der Waals surface area contributed by atoms with Gasteiger partial charge in [0.15, 0.2) is 11.3 Å². The lowest BCUT2D eigenvalue weighted by Gasteiger charge is -2.26. The van der Waals surface area contributed by atoms with Crippen LogP contribution in [0.25, 0.3) is 0 Å². The van der Waals surface area contributed by atoms with Gasteiger partial charge in [-0.05, 0) is 26.1 Å². The molecule has 152 valence electrons. The number of thioether (sulfide) groups is 1. The second-order valence-electron chi connectivity index (χ2n) is 7.37. The van der Waals surface area contributed by atoms with Crippen molar-refractivity contribution >= 4 is 35.3 Å². The monoisotopic (exact) mass is 413 g/mol. The summed E-state index contributed by atoms with van der Waals surface area (Å²) in [7, 11) is 0. The zero-order valence-corrected chi connectivity index (χ0v) is 17.3. The summed E-state index contributed by atoms with van der Waals surface area (Å²) in [5.41, 5.74) is -0.656. The van der Waals surface area contributed by atoms with Crippen LogP contribution in [0.1, 0.15) is 41.0 Å². The largest absolute Gasteiger partial charge is 0.325 e. The third kappa shape index (κ3) is 2.93. The first-order valence-corrected chi connectivity index (χ1v) is 10.9. The van der Waals surface area contributed by atoms with Crippen molar-refractivity contribution in [2.45, 2.75) is 25.8 Å². The molecule has 0 radical (unpaired) electrons. The van der Waals surface area contributed by atoms with E-state index in [4.69, 9.17) is 0 Å². The van der Waals surface area contributed by atoms with E-state index in [-0.39, 0.29) is 34.3 Å². The van der Waals surface area contributed by atoms with E-state index in [2.05, 4.69) is 24.1 Å². The molecule has 0 saturated carbocycles. The summed E-state index contributed by atoms with van der Waals surface area (Å²) in [6.07, 6.45) is 0.658. The molecule has 1 aromatic carbocycles. The van der Waals surface area contributed by atoms with Crippen LogP contribution in [0.3, 0.4) is 0 Å². The van der Waals surface area contributed by atoms with Gasteiger partial charge in [0.25, 0.3) is 5.91 Å². The average Bonchev–Trinajstić information content (AvgIpc) is 3.22. The van der Waals surface area contributed by atoms with Crippen molar-refractivity contribution in [1.82, 2.24) is 15.1 Å². The van der Waals surface area contributed by atoms with Crippen LogP contribution in [0.2, 0.25) is 0 Å². The second kappa shape index (κ2) is 7.42. The van der Waals surface area contributed by atoms with Crippen LogP contribution >= 0.6 is 11.8 Å². The first-order valence-electron chi connectivity index (χ1n) is 9.87. The van der Waals surface area contributed by atoms with Gasteiger partial charge in [0.05, 0.1) is 10.5 Å². The van der Waals surface area contributed by atoms with Gasteiger partial charge in [-0.1, -0.05) is 38.1 Å². The summed E-state index contributed by atoms with van der Waals surface area (Å²) in [4.78, 5) is 55.7. The van der Waals surface area contributed by atoms with Crippen LogP contribution in [0.5, 0.6) is 0 Å². The maximum Gasteiger partial charge on any atom is 0.325 e. The van der Waals surface area contributed by atoms with Crippen molar-refractivity contribution in [3.63, 3.8) is 0 Å². The molecule has 1 aliphatic carbocycles. The first-order chi connectivity index (χ1) is 13.9. The molecule has 1 spiro atoms. The van der Waals surface area contributed by atoms with E-state index in [1.165, 1.54) is 16.7 Å². The van der Waals surface area contributed by atoms with Crippen molar-refractivity contribution in [1.29, 1.82) is 0 Å². The molecule has 0 aromatic heterocycles. The number of benzene rings is 1. The van der Waals surface area contributed by atoms with Gasteiger partial charge < -0.3 is 10.2 Å². The van der Waals surface area contributed by atoms with E-state index < -0.39 is 17.5 Å². The summed E-state index contributed by atoms with van der Waals surface area (Å²) < 4.78 is 0. The number of amides is 3. The highest BCUT2D eigenvalue weighted by Crippen LogP contribution is 2.47. The molecule has 1 saturated heterocycles. The van der Waals surface area contributed by atoms with E-state index in [9.17, 15) is 19.2 Å². The highest BCUT2D eigenvalue weighted by atomic mass is 32.2. The molecule has 1 unspecified atom stereocenters. The number of Topliss-reactive ketones (excluding diaryl/α,β-unsaturated/α-hetero) is 2. The molecule has 1 aromatic rings. The van der Waals surface area contributed by atoms with Gasteiger partial charge in [0.2, 0.25) is 5.78 Å². The van der Waals surface area contributed by atoms with Gasteiger partial charge in [-0.2, -0.15) is 0 Å². The fourth-order valence-electron chi connectivity index (χ4n) is 4.22. The minimum atomic E-state index is -1.44. The second-order valence-corrected chi connectivity index (χ2v) is 8.35. The Hall–Kier alpha value is -2.45. The zero-order chi connectivity index (χ0) is 20.8. The van der Waals surface area contributed by atoms with Gasteiger partial charge in [0, 0.05) is 23.4 Å². The average molecular weight is 413 g/mol. The van der Waals surface area contributed by atoms with Crippen LogP contribution in [-0.4, -0.2) is 70.8 Å². The Kier molecular flexibility index (Phi) is 5.08. The minimum Gasteiger partial charge on any atom is -0.318 e. The van der Waals surface area contributed by atoms with E-state index in [1.807, 2.05) is 0 Å². The molecule has 1 N–H and O–H groups in total. The normalized spacial score (nSPS) is 23.3. The van der Waals surface area contributed by atoms with E-state index in [0.717, 1.165) is 19.6 Å². The van der Waals surface area contributed by atoms with Crippen molar-refractivity contribution in [2.24, 2.45) is 0 Å². The Labute approximate surface area is 173 Å². The summed E-state index contributed by atoms with van der Waals surface area (Å²) in [5, 5.41) is 2.75. The van der Waals surface area contributed by atoms with Crippen LogP contribution in [0.15, 0.2) is 34.7 Å². The number of urea groups is 1. The third-order valence-corrected chi connectivity index (χ3v) is 7.12. The fraction of sp³-hybridized carbons (Fsp3) is 0.429. The Morgan fingerprint density at radius 3 is 2.38 bits per heavy atom. The lowest BCUT2D eigenvalue weighted by atomic mass is 9.79. The molecule has 8 heteroatoms. The standard InChI is InChI=1S/C21H23N3O4S/c1-3-23(4-2)10-7-11-24-19(27)21(22-20(24)28)12-29-18-15(21)16(25)13-8-5-6-9-14(13)17(18)26/h5-6,8-9H,3-4,7,10-12H2,1-2H3,(H,22,28). The molecule has 3 amide bonds. The fourth-order valence-corrected chi connectivity index (χ4v) is 5.57. The lowest BCUT2D eigenvalue weighted by Crippen LogP contribution is -2.52. The van der Waals surface area contributed by atoms with Crippen molar-refractivity contribution in [3.8, 4) is 0 Å². The number of nitrogens with one attached hydrogen (secondary N) is 1. The number of carbonyl (C=O) groups excluding carboxylic acids is 4. The minimum absolute atomic E-state index is 0.135. The summed E-state index contributed by atoms with van der Waals surface area (Å²) in [6, 6.07) is 6.13. The van der Waals surface area contributed by atoms with E-state index in [1.54, 1.807) is 24.3 Å². The van der Waals surface area contributed by atoms with Gasteiger partial charge in [-0.25, -0.2) is 4.79 Å². The van der Waals surface area contributed by atoms with Crippen LogP contribution in [-0.2, 0) is 4.79 Å². The maximum absolute atomic E-state index is 13.3. The molecule has 0 bridgehead atoms. The Morgan fingerprint density at radius 2 is 1.72 bits per heavy atom. The molecule has 1 fully saturated rings. The van der Waals surface area contributed by atoms with E-state index in [0.29, 0.717) is 17.5 Å². The molecule has 1 atom stereocenters. The van der Waals surface area contributed by atoms with Crippen molar-refractivity contribution in [2.75, 3.05) is 31.9 Å². The molecule has 29 heavy (non-hydrogen) atoms. The highest BCUT2D eigenvalue weighted by molar-refractivity contribution is 8.04. The molecule has 7 nitrogen and oxygen atoms in total. The smallest absolute Gasteiger partial charge is 0.318 e. The predicted molar refractivity (Wildman–Crippen MR) is 110 cm³/mol. The molecular weight excluding hydrogens is 390 g/mol. The number of carbonyl (C=O) groups is 4.